The van der Waals surface area contributed by atoms with Crippen LogP contribution in [-0.2, 0) is 5.60 Å². The molecule has 0 aliphatic heterocycles. The molecule has 0 radical (unpaired) electrons. The first-order chi connectivity index (χ1) is 6.74. The Labute approximate surface area is 83.2 Å². The Morgan fingerprint density at radius 3 is 2.86 bits per heavy atom. The number of rotatable bonds is 0. The summed E-state index contributed by atoms with van der Waals surface area (Å²) < 4.78 is 0. The van der Waals surface area contributed by atoms with E-state index in [1.165, 1.54) is 5.56 Å². The molecule has 1 aromatic rings. The van der Waals surface area contributed by atoms with Crippen molar-refractivity contribution in [2.75, 3.05) is 0 Å². The van der Waals surface area contributed by atoms with Gasteiger partial charge in [-0.3, -0.25) is 0 Å². The van der Waals surface area contributed by atoms with Gasteiger partial charge in [0.25, 0.3) is 0 Å². The van der Waals surface area contributed by atoms with E-state index in [0.717, 1.165) is 24.8 Å². The lowest BCUT2D eigenvalue weighted by Gasteiger charge is -2.53. The van der Waals surface area contributed by atoms with Crippen LogP contribution in [0.3, 0.4) is 0 Å². The van der Waals surface area contributed by atoms with Gasteiger partial charge in [-0.1, -0.05) is 30.7 Å². The van der Waals surface area contributed by atoms with Crippen molar-refractivity contribution in [3.63, 3.8) is 0 Å². The van der Waals surface area contributed by atoms with Crippen LogP contribution in [0.4, 0.5) is 0 Å². The van der Waals surface area contributed by atoms with Gasteiger partial charge in [-0.2, -0.15) is 0 Å². The zero-order valence-corrected chi connectivity index (χ0v) is 7.98. The van der Waals surface area contributed by atoms with Crippen molar-refractivity contribution in [2.24, 2.45) is 0 Å². The molecule has 2 aliphatic rings. The Morgan fingerprint density at radius 1 is 1.21 bits per heavy atom. The molecular formula is C12H14O2. The van der Waals surface area contributed by atoms with E-state index in [9.17, 15) is 10.2 Å². The van der Waals surface area contributed by atoms with Gasteiger partial charge in [0, 0.05) is 5.92 Å². The number of fused-ring (bicyclic) bond motifs is 4. The number of aliphatic hydroxyl groups excluding tert-OH is 1. The lowest BCUT2D eigenvalue weighted by molar-refractivity contribution is -0.140. The van der Waals surface area contributed by atoms with Gasteiger partial charge in [-0.05, 0) is 24.0 Å². The number of aliphatic hydroxyl groups is 2. The predicted octanol–water partition coefficient (Wildman–Crippen LogP) is 1.52. The molecule has 2 aliphatic carbocycles. The molecule has 1 aromatic carbocycles. The lowest BCUT2D eigenvalue weighted by Crippen LogP contribution is -2.54. The van der Waals surface area contributed by atoms with Gasteiger partial charge < -0.3 is 10.2 Å². The highest BCUT2D eigenvalue weighted by atomic mass is 16.3. The Hall–Kier alpha value is -0.860. The molecule has 14 heavy (non-hydrogen) atoms. The van der Waals surface area contributed by atoms with E-state index in [-0.39, 0.29) is 5.92 Å². The maximum Gasteiger partial charge on any atom is 0.122 e. The Morgan fingerprint density at radius 2 is 2.00 bits per heavy atom. The monoisotopic (exact) mass is 190 g/mol. The minimum atomic E-state index is -0.936. The van der Waals surface area contributed by atoms with E-state index in [1.54, 1.807) is 0 Å². The van der Waals surface area contributed by atoms with Gasteiger partial charge >= 0.3 is 0 Å². The molecular weight excluding hydrogens is 176 g/mol. The molecule has 3 unspecified atom stereocenters. The number of hydrogen-bond acceptors (Lipinski definition) is 2. The SMILES string of the molecule is OC1CCCC2c3ccccc3C12O. The molecule has 2 N–H and O–H groups in total. The maximum atomic E-state index is 10.4. The van der Waals surface area contributed by atoms with Crippen molar-refractivity contribution in [2.45, 2.75) is 36.9 Å². The quantitative estimate of drug-likeness (QED) is 0.651. The van der Waals surface area contributed by atoms with Crippen LogP contribution in [-0.4, -0.2) is 16.3 Å². The minimum Gasteiger partial charge on any atom is -0.390 e. The molecule has 0 bridgehead atoms. The molecule has 3 atom stereocenters. The normalized spacial score (nSPS) is 39.6. The third-order valence-electron chi connectivity index (χ3n) is 3.78. The molecule has 1 saturated carbocycles. The van der Waals surface area contributed by atoms with E-state index >= 15 is 0 Å². The first-order valence-corrected chi connectivity index (χ1v) is 5.24. The van der Waals surface area contributed by atoms with Gasteiger partial charge in [-0.15, -0.1) is 0 Å². The Bertz CT molecular complexity index is 374. The number of benzene rings is 1. The third-order valence-corrected chi connectivity index (χ3v) is 3.78. The van der Waals surface area contributed by atoms with Crippen LogP contribution in [0.25, 0.3) is 0 Å². The molecule has 74 valence electrons. The number of hydrogen-bond donors (Lipinski definition) is 2. The van der Waals surface area contributed by atoms with E-state index in [4.69, 9.17) is 0 Å². The predicted molar refractivity (Wildman–Crippen MR) is 52.9 cm³/mol. The van der Waals surface area contributed by atoms with Gasteiger partial charge in [0.1, 0.15) is 5.60 Å². The summed E-state index contributed by atoms with van der Waals surface area (Å²) >= 11 is 0. The molecule has 0 heterocycles. The highest BCUT2D eigenvalue weighted by Gasteiger charge is 2.56. The fraction of sp³-hybridized carbons (Fsp3) is 0.500. The zero-order valence-electron chi connectivity index (χ0n) is 7.98. The second-order valence-electron chi connectivity index (χ2n) is 4.41. The van der Waals surface area contributed by atoms with Gasteiger partial charge in [0.05, 0.1) is 6.10 Å². The molecule has 0 amide bonds. The Kier molecular flexibility index (Phi) is 1.56. The molecule has 0 spiro atoms. The van der Waals surface area contributed by atoms with E-state index < -0.39 is 11.7 Å². The highest BCUT2D eigenvalue weighted by molar-refractivity contribution is 5.49. The van der Waals surface area contributed by atoms with Crippen LogP contribution >= 0.6 is 0 Å². The van der Waals surface area contributed by atoms with Crippen LogP contribution in [0.15, 0.2) is 24.3 Å². The van der Waals surface area contributed by atoms with Crippen molar-refractivity contribution in [1.82, 2.24) is 0 Å². The minimum absolute atomic E-state index is 0.169. The van der Waals surface area contributed by atoms with Crippen molar-refractivity contribution < 1.29 is 10.2 Å². The third kappa shape index (κ3) is 0.787. The standard InChI is InChI=1S/C12H14O2/c13-11-7-3-6-10-8-4-1-2-5-9(8)12(10,11)14/h1-2,4-5,10-11,13-14H,3,6-7H2. The van der Waals surface area contributed by atoms with Gasteiger partial charge in [-0.25, -0.2) is 0 Å². The van der Waals surface area contributed by atoms with Crippen molar-refractivity contribution in [1.29, 1.82) is 0 Å². The average Bonchev–Trinajstić information content (AvgIpc) is 2.21. The summed E-state index contributed by atoms with van der Waals surface area (Å²) in [5.74, 6) is 0.169. The van der Waals surface area contributed by atoms with Crippen LogP contribution in [0.5, 0.6) is 0 Å². The molecule has 0 aromatic heterocycles. The first kappa shape index (κ1) is 8.45. The second kappa shape index (κ2) is 2.59. The van der Waals surface area contributed by atoms with Crippen LogP contribution in [0.2, 0.25) is 0 Å². The van der Waals surface area contributed by atoms with Crippen LogP contribution < -0.4 is 0 Å². The molecule has 1 fully saturated rings. The van der Waals surface area contributed by atoms with Gasteiger partial charge in [0.15, 0.2) is 0 Å². The van der Waals surface area contributed by atoms with E-state index in [1.807, 2.05) is 18.2 Å². The summed E-state index contributed by atoms with van der Waals surface area (Å²) in [7, 11) is 0. The molecule has 3 rings (SSSR count). The molecule has 0 saturated heterocycles. The Balaban J connectivity index is 2.13. The highest BCUT2D eigenvalue weighted by Crippen LogP contribution is 2.57. The molecule has 2 heteroatoms. The van der Waals surface area contributed by atoms with Crippen molar-refractivity contribution in [3.05, 3.63) is 35.4 Å². The summed E-state index contributed by atoms with van der Waals surface area (Å²) in [4.78, 5) is 0. The van der Waals surface area contributed by atoms with Crippen molar-refractivity contribution >= 4 is 0 Å². The molecule has 2 nitrogen and oxygen atoms in total. The fourth-order valence-electron chi connectivity index (χ4n) is 3.04. The maximum absolute atomic E-state index is 10.4. The van der Waals surface area contributed by atoms with Crippen molar-refractivity contribution in [3.8, 4) is 0 Å². The first-order valence-electron chi connectivity index (χ1n) is 5.24. The largest absolute Gasteiger partial charge is 0.390 e. The smallest absolute Gasteiger partial charge is 0.122 e. The fourth-order valence-corrected chi connectivity index (χ4v) is 3.04. The second-order valence-corrected chi connectivity index (χ2v) is 4.41. The average molecular weight is 190 g/mol. The van der Waals surface area contributed by atoms with E-state index in [2.05, 4.69) is 6.07 Å². The summed E-state index contributed by atoms with van der Waals surface area (Å²) in [6.45, 7) is 0. The van der Waals surface area contributed by atoms with E-state index in [0.29, 0.717) is 0 Å². The topological polar surface area (TPSA) is 40.5 Å². The van der Waals surface area contributed by atoms with Crippen LogP contribution in [0.1, 0.15) is 36.3 Å². The summed E-state index contributed by atoms with van der Waals surface area (Å²) in [5, 5.41) is 20.3. The summed E-state index contributed by atoms with van der Waals surface area (Å²) in [5.41, 5.74) is 1.24. The van der Waals surface area contributed by atoms with Crippen LogP contribution in [0, 0.1) is 0 Å². The summed E-state index contributed by atoms with van der Waals surface area (Å²) in [6, 6.07) is 7.92. The summed E-state index contributed by atoms with van der Waals surface area (Å²) in [6.07, 6.45) is 2.17. The zero-order chi connectivity index (χ0) is 9.76. The van der Waals surface area contributed by atoms with Gasteiger partial charge in [0.2, 0.25) is 0 Å². The lowest BCUT2D eigenvalue weighted by atomic mass is 9.57.